The Morgan fingerprint density at radius 1 is 1.37 bits per heavy atom. The number of hydrogen-bond acceptors (Lipinski definition) is 5. The average molecular weight is 323 g/mol. The van der Waals surface area contributed by atoms with E-state index in [-0.39, 0.29) is 0 Å². The highest BCUT2D eigenvalue weighted by atomic mass is 79.9. The summed E-state index contributed by atoms with van der Waals surface area (Å²) in [5.74, 6) is 1.69. The predicted octanol–water partition coefficient (Wildman–Crippen LogP) is 2.52. The maximum atomic E-state index is 5.53. The first-order chi connectivity index (χ1) is 9.29. The third-order valence-corrected chi connectivity index (χ3v) is 3.61. The van der Waals surface area contributed by atoms with Gasteiger partial charge >= 0.3 is 0 Å². The molecule has 1 unspecified atom stereocenters. The molecule has 1 saturated heterocycles. The molecule has 1 N–H and O–H groups in total. The van der Waals surface area contributed by atoms with Gasteiger partial charge in [-0.15, -0.1) is 0 Å². The number of aromatic nitrogens is 2. The summed E-state index contributed by atoms with van der Waals surface area (Å²) in [6.45, 7) is 2.89. The van der Waals surface area contributed by atoms with Crippen molar-refractivity contribution in [2.24, 2.45) is 0 Å². The van der Waals surface area contributed by atoms with E-state index >= 15 is 0 Å². The fourth-order valence-electron chi connectivity index (χ4n) is 2.31. The molecule has 0 radical (unpaired) electrons. The molecule has 0 bridgehead atoms. The molecule has 0 saturated carbocycles. The van der Waals surface area contributed by atoms with Crippen LogP contribution in [0.2, 0.25) is 0 Å². The van der Waals surface area contributed by atoms with Crippen LogP contribution in [-0.2, 0) is 6.54 Å². The van der Waals surface area contributed by atoms with E-state index < -0.39 is 0 Å². The van der Waals surface area contributed by atoms with Crippen molar-refractivity contribution in [3.63, 3.8) is 0 Å². The van der Waals surface area contributed by atoms with Gasteiger partial charge in [0.15, 0.2) is 4.67 Å². The van der Waals surface area contributed by atoms with Crippen molar-refractivity contribution in [1.82, 2.24) is 14.9 Å². The van der Waals surface area contributed by atoms with Gasteiger partial charge < -0.3 is 9.73 Å². The van der Waals surface area contributed by atoms with E-state index in [1.165, 1.54) is 0 Å². The number of likely N-dealkylation sites (tertiary alicyclic amines) is 1. The van der Waals surface area contributed by atoms with Crippen LogP contribution in [0.15, 0.2) is 39.7 Å². The Morgan fingerprint density at radius 2 is 2.21 bits per heavy atom. The molecule has 0 amide bonds. The molecule has 0 aliphatic carbocycles. The van der Waals surface area contributed by atoms with E-state index in [0.29, 0.717) is 12.0 Å². The third kappa shape index (κ3) is 3.33. The van der Waals surface area contributed by atoms with E-state index in [4.69, 9.17) is 4.42 Å². The lowest BCUT2D eigenvalue weighted by Crippen LogP contribution is -2.26. The van der Waals surface area contributed by atoms with Gasteiger partial charge in [-0.05, 0) is 40.5 Å². The van der Waals surface area contributed by atoms with Gasteiger partial charge in [0.05, 0.1) is 6.54 Å². The zero-order valence-electron chi connectivity index (χ0n) is 10.4. The second-order valence-corrected chi connectivity index (χ2v) is 5.42. The number of nitrogens with one attached hydrogen (secondary N) is 1. The van der Waals surface area contributed by atoms with Crippen molar-refractivity contribution in [3.05, 3.63) is 41.0 Å². The Balaban J connectivity index is 1.53. The van der Waals surface area contributed by atoms with E-state index in [1.54, 1.807) is 12.4 Å². The molecule has 1 fully saturated rings. The summed E-state index contributed by atoms with van der Waals surface area (Å²) in [6.07, 6.45) is 4.60. The topological polar surface area (TPSA) is 54.2 Å². The van der Waals surface area contributed by atoms with E-state index in [1.807, 2.05) is 18.2 Å². The van der Waals surface area contributed by atoms with E-state index in [9.17, 15) is 0 Å². The second kappa shape index (κ2) is 5.71. The normalized spacial score (nSPS) is 19.7. The molecule has 6 heteroatoms. The first kappa shape index (κ1) is 12.6. The Labute approximate surface area is 120 Å². The standard InChI is InChI=1S/C13H15BrN4O/c14-12-3-2-11(19-12)9-18-7-4-10(8-18)17-13-15-5-1-6-16-13/h1-3,5-6,10H,4,7-9H2,(H,15,16,17). The molecule has 0 spiro atoms. The largest absolute Gasteiger partial charge is 0.453 e. The van der Waals surface area contributed by atoms with Crippen LogP contribution in [0.25, 0.3) is 0 Å². The molecule has 0 aromatic carbocycles. The van der Waals surface area contributed by atoms with Crippen molar-refractivity contribution >= 4 is 21.9 Å². The number of rotatable bonds is 4. The van der Waals surface area contributed by atoms with Crippen molar-refractivity contribution in [2.75, 3.05) is 18.4 Å². The zero-order valence-corrected chi connectivity index (χ0v) is 12.0. The Morgan fingerprint density at radius 3 is 2.95 bits per heavy atom. The maximum absolute atomic E-state index is 5.53. The minimum Gasteiger partial charge on any atom is -0.453 e. The van der Waals surface area contributed by atoms with Gasteiger partial charge in [-0.2, -0.15) is 0 Å². The Kier molecular flexibility index (Phi) is 3.79. The molecule has 2 aromatic heterocycles. The lowest BCUT2D eigenvalue weighted by molar-refractivity contribution is 0.293. The highest BCUT2D eigenvalue weighted by Gasteiger charge is 2.23. The van der Waals surface area contributed by atoms with Gasteiger partial charge in [0.1, 0.15) is 5.76 Å². The molecule has 100 valence electrons. The summed E-state index contributed by atoms with van der Waals surface area (Å²) >= 11 is 3.32. The minimum atomic E-state index is 0.404. The van der Waals surface area contributed by atoms with Gasteiger partial charge in [-0.3, -0.25) is 4.90 Å². The molecular weight excluding hydrogens is 308 g/mol. The molecule has 1 aliphatic heterocycles. The van der Waals surface area contributed by atoms with Crippen LogP contribution in [0, 0.1) is 0 Å². The lowest BCUT2D eigenvalue weighted by Gasteiger charge is -2.15. The quantitative estimate of drug-likeness (QED) is 0.937. The van der Waals surface area contributed by atoms with Crippen molar-refractivity contribution < 1.29 is 4.42 Å². The van der Waals surface area contributed by atoms with Crippen LogP contribution in [0.1, 0.15) is 12.2 Å². The van der Waals surface area contributed by atoms with Gasteiger partial charge in [0, 0.05) is 31.5 Å². The highest BCUT2D eigenvalue weighted by Crippen LogP contribution is 2.19. The first-order valence-electron chi connectivity index (χ1n) is 6.30. The van der Waals surface area contributed by atoms with Crippen molar-refractivity contribution in [2.45, 2.75) is 19.0 Å². The molecular formula is C13H15BrN4O. The van der Waals surface area contributed by atoms with Gasteiger partial charge in [0.2, 0.25) is 5.95 Å². The Hall–Kier alpha value is -1.40. The Bertz CT molecular complexity index is 530. The molecule has 1 atom stereocenters. The molecule has 5 nitrogen and oxygen atoms in total. The first-order valence-corrected chi connectivity index (χ1v) is 7.09. The van der Waals surface area contributed by atoms with Crippen molar-refractivity contribution in [1.29, 1.82) is 0 Å². The lowest BCUT2D eigenvalue weighted by atomic mass is 10.3. The molecule has 2 aromatic rings. The predicted molar refractivity (Wildman–Crippen MR) is 75.7 cm³/mol. The van der Waals surface area contributed by atoms with Crippen LogP contribution in [0.4, 0.5) is 5.95 Å². The van der Waals surface area contributed by atoms with Crippen molar-refractivity contribution in [3.8, 4) is 0 Å². The maximum Gasteiger partial charge on any atom is 0.222 e. The second-order valence-electron chi connectivity index (χ2n) is 4.64. The van der Waals surface area contributed by atoms with Crippen LogP contribution in [0.5, 0.6) is 0 Å². The van der Waals surface area contributed by atoms with E-state index in [0.717, 1.165) is 36.5 Å². The number of anilines is 1. The third-order valence-electron chi connectivity index (χ3n) is 3.18. The number of hydrogen-bond donors (Lipinski definition) is 1. The molecule has 19 heavy (non-hydrogen) atoms. The molecule has 3 heterocycles. The van der Waals surface area contributed by atoms with Gasteiger partial charge in [-0.1, -0.05) is 0 Å². The van der Waals surface area contributed by atoms with Crippen LogP contribution in [-0.4, -0.2) is 34.0 Å². The molecule has 1 aliphatic rings. The summed E-state index contributed by atoms with van der Waals surface area (Å²) in [6, 6.07) is 6.16. The fourth-order valence-corrected chi connectivity index (χ4v) is 2.65. The summed E-state index contributed by atoms with van der Waals surface area (Å²) < 4.78 is 6.32. The monoisotopic (exact) mass is 322 g/mol. The molecule has 3 rings (SSSR count). The number of halogens is 1. The smallest absolute Gasteiger partial charge is 0.222 e. The average Bonchev–Trinajstić information content (AvgIpc) is 3.01. The van der Waals surface area contributed by atoms with Crippen LogP contribution in [0.3, 0.4) is 0 Å². The minimum absolute atomic E-state index is 0.404. The van der Waals surface area contributed by atoms with Gasteiger partial charge in [0.25, 0.3) is 0 Å². The van der Waals surface area contributed by atoms with E-state index in [2.05, 4.69) is 36.1 Å². The van der Waals surface area contributed by atoms with Gasteiger partial charge in [-0.25, -0.2) is 9.97 Å². The number of furan rings is 1. The SMILES string of the molecule is Brc1ccc(CN2CCC(Nc3ncccn3)C2)o1. The number of nitrogens with zero attached hydrogens (tertiary/aromatic N) is 3. The summed E-state index contributed by atoms with van der Waals surface area (Å²) in [5.41, 5.74) is 0. The van der Waals surface area contributed by atoms with Crippen LogP contribution < -0.4 is 5.32 Å². The summed E-state index contributed by atoms with van der Waals surface area (Å²) in [5, 5.41) is 3.36. The highest BCUT2D eigenvalue weighted by molar-refractivity contribution is 9.10. The van der Waals surface area contributed by atoms with Crippen LogP contribution >= 0.6 is 15.9 Å². The fraction of sp³-hybridized carbons (Fsp3) is 0.385. The zero-order chi connectivity index (χ0) is 13.1. The summed E-state index contributed by atoms with van der Waals surface area (Å²) in [7, 11) is 0. The summed E-state index contributed by atoms with van der Waals surface area (Å²) in [4.78, 5) is 10.7.